The smallest absolute Gasteiger partial charge is 0.286 e. The van der Waals surface area contributed by atoms with Gasteiger partial charge >= 0.3 is 0 Å². The van der Waals surface area contributed by atoms with Gasteiger partial charge in [0, 0.05) is 10.9 Å². The molecule has 0 radical (unpaired) electrons. The Bertz CT molecular complexity index is 837. The van der Waals surface area contributed by atoms with E-state index in [2.05, 4.69) is 0 Å². The Kier molecular flexibility index (Phi) is 3.02. The summed E-state index contributed by atoms with van der Waals surface area (Å²) in [6, 6.07) is 13.2. The van der Waals surface area contributed by atoms with Crippen LogP contribution in [0.1, 0.15) is 10.6 Å². The Morgan fingerprint density at radius 2 is 1.95 bits per heavy atom. The standard InChI is InChI=1S/C16H14N2O3/c1-20-12-5-3-2-4-10(12)9-6-7-11-13(8-9)21-15(14(11)17)16(18)19/h2-8H,17H2,1H3,(H2,18,19). The highest BCUT2D eigenvalue weighted by Gasteiger charge is 2.16. The van der Waals surface area contributed by atoms with E-state index in [4.69, 9.17) is 20.6 Å². The quantitative estimate of drug-likeness (QED) is 0.772. The molecule has 0 bridgehead atoms. The maximum absolute atomic E-state index is 11.3. The van der Waals surface area contributed by atoms with E-state index < -0.39 is 5.91 Å². The number of benzene rings is 2. The second-order valence-corrected chi connectivity index (χ2v) is 4.62. The van der Waals surface area contributed by atoms with Crippen LogP contribution in [0.15, 0.2) is 46.9 Å². The molecule has 0 saturated heterocycles. The number of ether oxygens (including phenoxy) is 1. The van der Waals surface area contributed by atoms with Crippen molar-refractivity contribution >= 4 is 22.6 Å². The summed E-state index contributed by atoms with van der Waals surface area (Å²) in [7, 11) is 1.62. The van der Waals surface area contributed by atoms with Crippen molar-refractivity contribution in [3.05, 3.63) is 48.2 Å². The topological polar surface area (TPSA) is 91.5 Å². The number of methoxy groups -OCH3 is 1. The van der Waals surface area contributed by atoms with Gasteiger partial charge in [-0.05, 0) is 23.8 Å². The molecule has 1 aromatic heterocycles. The van der Waals surface area contributed by atoms with Gasteiger partial charge in [-0.25, -0.2) is 0 Å². The highest BCUT2D eigenvalue weighted by atomic mass is 16.5. The molecule has 1 heterocycles. The van der Waals surface area contributed by atoms with Gasteiger partial charge < -0.3 is 20.6 Å². The van der Waals surface area contributed by atoms with Gasteiger partial charge in [-0.15, -0.1) is 0 Å². The number of anilines is 1. The highest BCUT2D eigenvalue weighted by molar-refractivity contribution is 6.05. The van der Waals surface area contributed by atoms with Crippen LogP contribution in [0.25, 0.3) is 22.1 Å². The van der Waals surface area contributed by atoms with E-state index in [9.17, 15) is 4.79 Å². The van der Waals surface area contributed by atoms with Crippen LogP contribution in [0.3, 0.4) is 0 Å². The maximum atomic E-state index is 11.3. The third-order valence-corrected chi connectivity index (χ3v) is 3.37. The van der Waals surface area contributed by atoms with E-state index in [1.807, 2.05) is 42.5 Å². The Hall–Kier alpha value is -2.95. The lowest BCUT2D eigenvalue weighted by Crippen LogP contribution is -2.11. The molecular weight excluding hydrogens is 268 g/mol. The lowest BCUT2D eigenvalue weighted by Gasteiger charge is -2.07. The third kappa shape index (κ3) is 2.08. The zero-order valence-corrected chi connectivity index (χ0v) is 11.4. The molecular formula is C16H14N2O3. The molecule has 4 N–H and O–H groups in total. The minimum absolute atomic E-state index is 0.0119. The first-order chi connectivity index (χ1) is 10.1. The van der Waals surface area contributed by atoms with E-state index in [-0.39, 0.29) is 11.4 Å². The van der Waals surface area contributed by atoms with E-state index in [1.165, 1.54) is 0 Å². The molecule has 0 fully saturated rings. The number of para-hydroxylation sites is 1. The molecule has 0 atom stereocenters. The Morgan fingerprint density at radius 1 is 1.19 bits per heavy atom. The van der Waals surface area contributed by atoms with Crippen LogP contribution >= 0.6 is 0 Å². The van der Waals surface area contributed by atoms with E-state index >= 15 is 0 Å². The summed E-state index contributed by atoms with van der Waals surface area (Å²) in [5.74, 6) is 0.0659. The monoisotopic (exact) mass is 282 g/mol. The minimum Gasteiger partial charge on any atom is -0.496 e. The molecule has 3 aromatic rings. The van der Waals surface area contributed by atoms with Crippen molar-refractivity contribution < 1.29 is 13.9 Å². The molecule has 106 valence electrons. The molecule has 5 heteroatoms. The van der Waals surface area contributed by atoms with Gasteiger partial charge in [-0.2, -0.15) is 0 Å². The van der Waals surface area contributed by atoms with Crippen molar-refractivity contribution in [2.45, 2.75) is 0 Å². The molecule has 0 saturated carbocycles. The zero-order chi connectivity index (χ0) is 15.0. The first-order valence-electron chi connectivity index (χ1n) is 6.37. The zero-order valence-electron chi connectivity index (χ0n) is 11.4. The lowest BCUT2D eigenvalue weighted by molar-refractivity contribution is 0.0977. The van der Waals surface area contributed by atoms with Crippen molar-refractivity contribution in [2.24, 2.45) is 5.73 Å². The van der Waals surface area contributed by atoms with Gasteiger partial charge in [0.15, 0.2) is 0 Å². The molecule has 0 unspecified atom stereocenters. The van der Waals surface area contributed by atoms with Gasteiger partial charge in [-0.3, -0.25) is 4.79 Å². The van der Waals surface area contributed by atoms with Crippen LogP contribution in [0, 0.1) is 0 Å². The summed E-state index contributed by atoms with van der Waals surface area (Å²) >= 11 is 0. The van der Waals surface area contributed by atoms with Gasteiger partial charge in [0.1, 0.15) is 11.3 Å². The number of hydrogen-bond donors (Lipinski definition) is 2. The summed E-state index contributed by atoms with van der Waals surface area (Å²) in [5.41, 5.74) is 13.7. The van der Waals surface area contributed by atoms with Gasteiger partial charge in [0.25, 0.3) is 5.91 Å². The average Bonchev–Trinajstić information content (AvgIpc) is 2.84. The summed E-state index contributed by atoms with van der Waals surface area (Å²) in [6.07, 6.45) is 0. The number of amides is 1. The third-order valence-electron chi connectivity index (χ3n) is 3.37. The van der Waals surface area contributed by atoms with Crippen LogP contribution in [-0.2, 0) is 0 Å². The van der Waals surface area contributed by atoms with Crippen molar-refractivity contribution in [2.75, 3.05) is 12.8 Å². The Labute approximate surface area is 121 Å². The fourth-order valence-corrected chi connectivity index (χ4v) is 2.35. The summed E-state index contributed by atoms with van der Waals surface area (Å²) < 4.78 is 10.8. The Balaban J connectivity index is 2.20. The van der Waals surface area contributed by atoms with Crippen LogP contribution in [-0.4, -0.2) is 13.0 Å². The summed E-state index contributed by atoms with van der Waals surface area (Å²) in [6.45, 7) is 0. The van der Waals surface area contributed by atoms with Crippen LogP contribution in [0.4, 0.5) is 5.69 Å². The van der Waals surface area contributed by atoms with E-state index in [0.717, 1.165) is 16.9 Å². The lowest BCUT2D eigenvalue weighted by atomic mass is 10.0. The first-order valence-corrected chi connectivity index (χ1v) is 6.37. The van der Waals surface area contributed by atoms with Crippen LogP contribution < -0.4 is 16.2 Å². The van der Waals surface area contributed by atoms with Gasteiger partial charge in [0.2, 0.25) is 5.76 Å². The molecule has 5 nitrogen and oxygen atoms in total. The molecule has 2 aromatic carbocycles. The molecule has 3 rings (SSSR count). The van der Waals surface area contributed by atoms with Crippen LogP contribution in [0.2, 0.25) is 0 Å². The normalized spacial score (nSPS) is 10.7. The maximum Gasteiger partial charge on any atom is 0.286 e. The SMILES string of the molecule is COc1ccccc1-c1ccc2c(N)c(C(N)=O)oc2c1. The average molecular weight is 282 g/mol. The molecule has 0 aliphatic heterocycles. The first kappa shape index (κ1) is 13.1. The number of carbonyl (C=O) groups is 1. The van der Waals surface area contributed by atoms with E-state index in [0.29, 0.717) is 11.0 Å². The molecule has 1 amide bonds. The largest absolute Gasteiger partial charge is 0.496 e. The minimum atomic E-state index is -0.678. The molecule has 0 aliphatic carbocycles. The van der Waals surface area contributed by atoms with Crippen LogP contribution in [0.5, 0.6) is 5.75 Å². The number of furan rings is 1. The van der Waals surface area contributed by atoms with Gasteiger partial charge in [-0.1, -0.05) is 24.3 Å². The molecule has 0 spiro atoms. The van der Waals surface area contributed by atoms with E-state index in [1.54, 1.807) is 7.11 Å². The van der Waals surface area contributed by atoms with Crippen molar-refractivity contribution in [1.29, 1.82) is 0 Å². The predicted molar refractivity (Wildman–Crippen MR) is 81.1 cm³/mol. The summed E-state index contributed by atoms with van der Waals surface area (Å²) in [4.78, 5) is 11.3. The number of primary amides is 1. The van der Waals surface area contributed by atoms with Crippen molar-refractivity contribution in [3.8, 4) is 16.9 Å². The molecule has 21 heavy (non-hydrogen) atoms. The van der Waals surface area contributed by atoms with Gasteiger partial charge in [0.05, 0.1) is 12.8 Å². The second-order valence-electron chi connectivity index (χ2n) is 4.62. The van der Waals surface area contributed by atoms with Crippen molar-refractivity contribution in [3.63, 3.8) is 0 Å². The number of carbonyl (C=O) groups excluding carboxylic acids is 1. The second kappa shape index (κ2) is 4.86. The molecule has 0 aliphatic rings. The number of rotatable bonds is 3. The van der Waals surface area contributed by atoms with Crippen molar-refractivity contribution in [1.82, 2.24) is 0 Å². The number of nitrogens with two attached hydrogens (primary N) is 2. The summed E-state index contributed by atoms with van der Waals surface area (Å²) in [5, 5.41) is 0.669. The predicted octanol–water partition coefficient (Wildman–Crippen LogP) is 2.79. The number of fused-ring (bicyclic) bond motifs is 1. The number of hydrogen-bond acceptors (Lipinski definition) is 4. The fraction of sp³-hybridized carbons (Fsp3) is 0.0625. The Morgan fingerprint density at radius 3 is 2.67 bits per heavy atom. The number of nitrogen functional groups attached to an aromatic ring is 1. The highest BCUT2D eigenvalue weighted by Crippen LogP contribution is 2.35. The fourth-order valence-electron chi connectivity index (χ4n) is 2.35.